The van der Waals surface area contributed by atoms with Gasteiger partial charge in [-0.2, -0.15) is 0 Å². The molecule has 0 aromatic heterocycles. The molecule has 0 spiro atoms. The van der Waals surface area contributed by atoms with E-state index in [1.165, 1.54) is 12.1 Å². The molecule has 1 fully saturated rings. The van der Waals surface area contributed by atoms with Crippen LogP contribution in [0.4, 0.5) is 4.39 Å². The van der Waals surface area contributed by atoms with Crippen LogP contribution in [0, 0.1) is 5.82 Å². The molecule has 3 heteroatoms. The first kappa shape index (κ1) is 12.9. The molecule has 0 radical (unpaired) electrons. The summed E-state index contributed by atoms with van der Waals surface area (Å²) in [6.07, 6.45) is 1.76. The highest BCUT2D eigenvalue weighted by Crippen LogP contribution is 2.48. The highest BCUT2D eigenvalue weighted by atomic mass is 19.1. The third-order valence-electron chi connectivity index (χ3n) is 3.85. The van der Waals surface area contributed by atoms with Crippen LogP contribution >= 0.6 is 0 Å². The minimum atomic E-state index is -0.366. The van der Waals surface area contributed by atoms with Crippen LogP contribution in [-0.4, -0.2) is 5.91 Å². The summed E-state index contributed by atoms with van der Waals surface area (Å²) in [6, 6.07) is 16.2. The smallest absolute Gasteiger partial charge is 0.230 e. The molecule has 0 unspecified atom stereocenters. The van der Waals surface area contributed by atoms with Gasteiger partial charge in [0.2, 0.25) is 5.91 Å². The number of rotatable bonds is 4. The Balaban J connectivity index is 1.68. The van der Waals surface area contributed by atoms with E-state index in [2.05, 4.69) is 5.32 Å². The molecule has 1 aliphatic rings. The van der Waals surface area contributed by atoms with Gasteiger partial charge in [-0.05, 0) is 36.1 Å². The molecule has 1 N–H and O–H groups in total. The molecule has 1 saturated carbocycles. The average molecular weight is 269 g/mol. The summed E-state index contributed by atoms with van der Waals surface area (Å²) in [5, 5.41) is 2.92. The van der Waals surface area contributed by atoms with E-state index in [9.17, 15) is 9.18 Å². The predicted molar refractivity (Wildman–Crippen MR) is 75.6 cm³/mol. The molecule has 0 heterocycles. The van der Waals surface area contributed by atoms with Crippen LogP contribution in [0.1, 0.15) is 24.0 Å². The minimum absolute atomic E-state index is 0.0351. The molecule has 0 aliphatic heterocycles. The standard InChI is InChI=1S/C17H16FNO/c18-15-8-4-5-13(11-15)12-19-16(20)17(9-10-17)14-6-2-1-3-7-14/h1-8,11H,9-10,12H2,(H,19,20). The fraction of sp³-hybridized carbons (Fsp3) is 0.235. The monoisotopic (exact) mass is 269 g/mol. The molecule has 3 rings (SSSR count). The summed E-state index contributed by atoms with van der Waals surface area (Å²) in [5.74, 6) is -0.242. The van der Waals surface area contributed by atoms with Crippen molar-refractivity contribution in [2.45, 2.75) is 24.8 Å². The number of amides is 1. The van der Waals surface area contributed by atoms with E-state index >= 15 is 0 Å². The normalized spacial score (nSPS) is 15.7. The largest absolute Gasteiger partial charge is 0.351 e. The molecule has 2 nitrogen and oxygen atoms in total. The Morgan fingerprint density at radius 2 is 1.85 bits per heavy atom. The van der Waals surface area contributed by atoms with Crippen molar-refractivity contribution < 1.29 is 9.18 Å². The van der Waals surface area contributed by atoms with Crippen LogP contribution in [0.15, 0.2) is 54.6 Å². The Morgan fingerprint density at radius 1 is 1.10 bits per heavy atom. The van der Waals surface area contributed by atoms with Crippen molar-refractivity contribution in [1.29, 1.82) is 0 Å². The van der Waals surface area contributed by atoms with Gasteiger partial charge in [-0.1, -0.05) is 42.5 Å². The molecule has 1 aliphatic carbocycles. The van der Waals surface area contributed by atoms with Gasteiger partial charge >= 0.3 is 0 Å². The molecule has 2 aromatic rings. The maximum Gasteiger partial charge on any atom is 0.230 e. The van der Waals surface area contributed by atoms with Gasteiger partial charge in [-0.15, -0.1) is 0 Å². The van der Waals surface area contributed by atoms with Crippen LogP contribution in [0.2, 0.25) is 0 Å². The van der Waals surface area contributed by atoms with Crippen LogP contribution in [0.3, 0.4) is 0 Å². The van der Waals surface area contributed by atoms with Crippen molar-refractivity contribution >= 4 is 5.91 Å². The Kier molecular flexibility index (Phi) is 3.26. The number of carbonyl (C=O) groups is 1. The first-order valence-corrected chi connectivity index (χ1v) is 6.79. The molecule has 2 aromatic carbocycles. The van der Waals surface area contributed by atoms with Gasteiger partial charge in [0, 0.05) is 6.54 Å². The summed E-state index contributed by atoms with van der Waals surface area (Å²) in [5.41, 5.74) is 1.48. The predicted octanol–water partition coefficient (Wildman–Crippen LogP) is 3.17. The molecule has 20 heavy (non-hydrogen) atoms. The fourth-order valence-corrected chi connectivity index (χ4v) is 2.53. The van der Waals surface area contributed by atoms with Crippen LogP contribution < -0.4 is 5.32 Å². The second-order valence-corrected chi connectivity index (χ2v) is 5.26. The van der Waals surface area contributed by atoms with Gasteiger partial charge in [-0.3, -0.25) is 4.79 Å². The SMILES string of the molecule is O=C(NCc1cccc(F)c1)C1(c2ccccc2)CC1. The van der Waals surface area contributed by atoms with Crippen molar-refractivity contribution in [2.75, 3.05) is 0 Å². The Bertz CT molecular complexity index is 620. The molecule has 0 atom stereocenters. The lowest BCUT2D eigenvalue weighted by Gasteiger charge is -2.15. The Hall–Kier alpha value is -2.16. The second kappa shape index (κ2) is 5.08. The number of benzene rings is 2. The molecule has 0 bridgehead atoms. The maximum atomic E-state index is 13.1. The quantitative estimate of drug-likeness (QED) is 0.907. The number of halogens is 1. The topological polar surface area (TPSA) is 29.1 Å². The van der Waals surface area contributed by atoms with Crippen molar-refractivity contribution in [2.24, 2.45) is 0 Å². The lowest BCUT2D eigenvalue weighted by molar-refractivity contribution is -0.123. The van der Waals surface area contributed by atoms with Crippen molar-refractivity contribution in [3.8, 4) is 0 Å². The molecule has 1 amide bonds. The highest BCUT2D eigenvalue weighted by Gasteiger charge is 2.50. The highest BCUT2D eigenvalue weighted by molar-refractivity contribution is 5.91. The summed E-state index contributed by atoms with van der Waals surface area (Å²) in [7, 11) is 0. The minimum Gasteiger partial charge on any atom is -0.351 e. The van der Waals surface area contributed by atoms with E-state index in [-0.39, 0.29) is 17.1 Å². The summed E-state index contributed by atoms with van der Waals surface area (Å²) in [4.78, 5) is 12.4. The zero-order valence-electron chi connectivity index (χ0n) is 11.1. The van der Waals surface area contributed by atoms with Gasteiger partial charge < -0.3 is 5.32 Å². The summed E-state index contributed by atoms with van der Waals surface area (Å²) in [6.45, 7) is 0.366. The van der Waals surface area contributed by atoms with E-state index in [0.717, 1.165) is 24.0 Å². The third kappa shape index (κ3) is 2.44. The maximum absolute atomic E-state index is 13.1. The molecular formula is C17H16FNO. The molecule has 102 valence electrons. The molecule has 0 saturated heterocycles. The van der Waals surface area contributed by atoms with Gasteiger partial charge in [0.15, 0.2) is 0 Å². The summed E-state index contributed by atoms with van der Waals surface area (Å²) < 4.78 is 13.1. The zero-order chi connectivity index (χ0) is 14.0. The van der Waals surface area contributed by atoms with Crippen LogP contribution in [0.25, 0.3) is 0 Å². The number of hydrogen-bond donors (Lipinski definition) is 1. The zero-order valence-corrected chi connectivity index (χ0v) is 11.1. The van der Waals surface area contributed by atoms with Crippen molar-refractivity contribution in [1.82, 2.24) is 5.32 Å². The Morgan fingerprint density at radius 3 is 2.50 bits per heavy atom. The van der Waals surface area contributed by atoms with E-state index < -0.39 is 0 Å². The molecular weight excluding hydrogens is 253 g/mol. The number of nitrogens with one attached hydrogen (secondary N) is 1. The first-order chi connectivity index (χ1) is 9.71. The van der Waals surface area contributed by atoms with E-state index in [4.69, 9.17) is 0 Å². The number of carbonyl (C=O) groups excluding carboxylic acids is 1. The lowest BCUT2D eigenvalue weighted by Crippen LogP contribution is -2.34. The first-order valence-electron chi connectivity index (χ1n) is 6.79. The van der Waals surface area contributed by atoms with Crippen LogP contribution in [-0.2, 0) is 16.8 Å². The second-order valence-electron chi connectivity index (χ2n) is 5.26. The third-order valence-corrected chi connectivity index (χ3v) is 3.85. The van der Waals surface area contributed by atoms with Crippen molar-refractivity contribution in [3.63, 3.8) is 0 Å². The summed E-state index contributed by atoms with van der Waals surface area (Å²) >= 11 is 0. The van der Waals surface area contributed by atoms with Crippen molar-refractivity contribution in [3.05, 3.63) is 71.5 Å². The van der Waals surface area contributed by atoms with Gasteiger partial charge in [0.05, 0.1) is 5.41 Å². The fourth-order valence-electron chi connectivity index (χ4n) is 2.53. The Labute approximate surface area is 117 Å². The van der Waals surface area contributed by atoms with E-state index in [0.29, 0.717) is 6.54 Å². The van der Waals surface area contributed by atoms with Gasteiger partial charge in [-0.25, -0.2) is 4.39 Å². The number of hydrogen-bond acceptors (Lipinski definition) is 1. The lowest BCUT2D eigenvalue weighted by atomic mass is 9.95. The van der Waals surface area contributed by atoms with Crippen LogP contribution in [0.5, 0.6) is 0 Å². The van der Waals surface area contributed by atoms with E-state index in [1.807, 2.05) is 36.4 Å². The van der Waals surface area contributed by atoms with Gasteiger partial charge in [0.1, 0.15) is 5.82 Å². The average Bonchev–Trinajstić information content (AvgIpc) is 3.27. The van der Waals surface area contributed by atoms with E-state index in [1.54, 1.807) is 6.07 Å². The van der Waals surface area contributed by atoms with Gasteiger partial charge in [0.25, 0.3) is 0 Å².